The molecule has 0 saturated heterocycles. The minimum absolute atomic E-state index is 0.0310. The van der Waals surface area contributed by atoms with Gasteiger partial charge in [-0.1, -0.05) is 24.3 Å². The van der Waals surface area contributed by atoms with Crippen molar-refractivity contribution >= 4 is 23.1 Å². The number of ether oxygens (including phenoxy) is 1. The van der Waals surface area contributed by atoms with E-state index in [2.05, 4.69) is 20.6 Å². The van der Waals surface area contributed by atoms with Crippen LogP contribution in [0, 0.1) is 5.82 Å². The fourth-order valence-corrected chi connectivity index (χ4v) is 2.32. The number of carbonyl (C=O) groups is 1. The summed E-state index contributed by atoms with van der Waals surface area (Å²) in [5.41, 5.74) is 0.908. The summed E-state index contributed by atoms with van der Waals surface area (Å²) in [6, 6.07) is 13.4. The molecule has 2 N–H and O–H groups in total. The molecule has 0 aliphatic heterocycles. The van der Waals surface area contributed by atoms with Crippen LogP contribution in [0.15, 0.2) is 60.9 Å². The number of nitrogens with zero attached hydrogens (tertiary/aromatic N) is 2. The highest BCUT2D eigenvalue weighted by Gasteiger charge is 2.12. The molecule has 0 aliphatic carbocycles. The molecule has 0 bridgehead atoms. The quantitative estimate of drug-likeness (QED) is 0.676. The summed E-state index contributed by atoms with van der Waals surface area (Å²) < 4.78 is 19.4. The van der Waals surface area contributed by atoms with Gasteiger partial charge in [0.05, 0.1) is 29.9 Å². The maximum atomic E-state index is 13.6. The Kier molecular flexibility index (Phi) is 5.61. The summed E-state index contributed by atoms with van der Waals surface area (Å²) in [6.45, 7) is 3.89. The van der Waals surface area contributed by atoms with E-state index >= 15 is 0 Å². The summed E-state index contributed by atoms with van der Waals surface area (Å²) in [4.78, 5) is 20.5. The van der Waals surface area contributed by atoms with Crippen molar-refractivity contribution < 1.29 is 13.9 Å². The highest BCUT2D eigenvalue weighted by Crippen LogP contribution is 2.27. The summed E-state index contributed by atoms with van der Waals surface area (Å²) in [5, 5.41) is 5.58. The van der Waals surface area contributed by atoms with E-state index in [1.807, 2.05) is 38.1 Å². The minimum Gasteiger partial charge on any atom is -0.489 e. The van der Waals surface area contributed by atoms with Crippen LogP contribution in [0.1, 0.15) is 24.3 Å². The monoisotopic (exact) mass is 366 g/mol. The van der Waals surface area contributed by atoms with Crippen molar-refractivity contribution in [3.63, 3.8) is 0 Å². The standard InChI is InChI=1S/C20H19FN4O2/c1-13(2)27-18-10-6-5-9-16(18)24-19-12-22-17(11-23-19)20(26)25-15-8-4-3-7-14(15)21/h3-13H,1-2H3,(H,23,24)(H,25,26). The van der Waals surface area contributed by atoms with Gasteiger partial charge in [-0.2, -0.15) is 0 Å². The van der Waals surface area contributed by atoms with Crippen LogP contribution in [-0.2, 0) is 0 Å². The van der Waals surface area contributed by atoms with Crippen LogP contribution in [0.5, 0.6) is 5.75 Å². The molecule has 0 unspecified atom stereocenters. The third kappa shape index (κ3) is 4.78. The Morgan fingerprint density at radius 1 is 1.00 bits per heavy atom. The number of anilines is 3. The topological polar surface area (TPSA) is 76.1 Å². The van der Waals surface area contributed by atoms with Gasteiger partial charge in [0.2, 0.25) is 0 Å². The zero-order chi connectivity index (χ0) is 19.2. The van der Waals surface area contributed by atoms with Crippen LogP contribution in [0.4, 0.5) is 21.6 Å². The van der Waals surface area contributed by atoms with Crippen molar-refractivity contribution in [2.45, 2.75) is 20.0 Å². The summed E-state index contributed by atoms with van der Waals surface area (Å²) >= 11 is 0. The summed E-state index contributed by atoms with van der Waals surface area (Å²) in [6.07, 6.45) is 2.79. The lowest BCUT2D eigenvalue weighted by atomic mass is 10.3. The van der Waals surface area contributed by atoms with E-state index in [0.717, 1.165) is 5.69 Å². The molecular formula is C20H19FN4O2. The van der Waals surface area contributed by atoms with Gasteiger partial charge in [0.15, 0.2) is 0 Å². The smallest absolute Gasteiger partial charge is 0.275 e. The first kappa shape index (κ1) is 18.3. The molecule has 138 valence electrons. The van der Waals surface area contributed by atoms with Crippen LogP contribution in [0.2, 0.25) is 0 Å². The molecule has 0 fully saturated rings. The molecule has 0 aliphatic rings. The van der Waals surface area contributed by atoms with Crippen LogP contribution >= 0.6 is 0 Å². The molecule has 0 spiro atoms. The first-order valence-electron chi connectivity index (χ1n) is 8.43. The average molecular weight is 366 g/mol. The Labute approximate surface area is 156 Å². The van der Waals surface area contributed by atoms with Crippen molar-refractivity contribution in [1.29, 1.82) is 0 Å². The molecule has 6 nitrogen and oxygen atoms in total. The second-order valence-corrected chi connectivity index (χ2v) is 6.01. The molecule has 1 aromatic heterocycles. The van der Waals surface area contributed by atoms with E-state index in [1.54, 1.807) is 12.1 Å². The number of benzene rings is 2. The first-order valence-corrected chi connectivity index (χ1v) is 8.43. The molecule has 2 aromatic carbocycles. The van der Waals surface area contributed by atoms with Crippen molar-refractivity contribution in [2.75, 3.05) is 10.6 Å². The maximum Gasteiger partial charge on any atom is 0.275 e. The second-order valence-electron chi connectivity index (χ2n) is 6.01. The minimum atomic E-state index is -0.539. The van der Waals surface area contributed by atoms with Crippen molar-refractivity contribution in [2.24, 2.45) is 0 Å². The summed E-state index contributed by atoms with van der Waals surface area (Å²) in [7, 11) is 0. The first-order chi connectivity index (χ1) is 13.0. The number of aromatic nitrogens is 2. The van der Waals surface area contributed by atoms with Crippen LogP contribution in [0.3, 0.4) is 0 Å². The largest absolute Gasteiger partial charge is 0.489 e. The number of halogens is 1. The molecule has 1 amide bonds. The van der Waals surface area contributed by atoms with Gasteiger partial charge in [-0.25, -0.2) is 14.4 Å². The van der Waals surface area contributed by atoms with E-state index < -0.39 is 11.7 Å². The normalized spacial score (nSPS) is 10.5. The van der Waals surface area contributed by atoms with Crippen molar-refractivity contribution in [1.82, 2.24) is 9.97 Å². The predicted octanol–water partition coefficient (Wildman–Crippen LogP) is 4.40. The molecular weight excluding hydrogens is 347 g/mol. The molecule has 0 atom stereocenters. The second kappa shape index (κ2) is 8.27. The highest BCUT2D eigenvalue weighted by atomic mass is 19.1. The third-order valence-corrected chi connectivity index (χ3v) is 3.52. The van der Waals surface area contributed by atoms with Crippen LogP contribution in [-0.4, -0.2) is 22.0 Å². The Morgan fingerprint density at radius 2 is 1.70 bits per heavy atom. The van der Waals surface area contributed by atoms with Gasteiger partial charge < -0.3 is 15.4 Å². The number of hydrogen-bond donors (Lipinski definition) is 2. The fourth-order valence-electron chi connectivity index (χ4n) is 2.32. The van der Waals surface area contributed by atoms with Gasteiger partial charge in [-0.3, -0.25) is 4.79 Å². The Morgan fingerprint density at radius 3 is 2.37 bits per heavy atom. The van der Waals surface area contributed by atoms with Crippen LogP contribution < -0.4 is 15.4 Å². The lowest BCUT2D eigenvalue weighted by Crippen LogP contribution is -2.15. The van der Waals surface area contributed by atoms with E-state index in [9.17, 15) is 9.18 Å². The number of amides is 1. The maximum absolute atomic E-state index is 13.6. The molecule has 0 radical (unpaired) electrons. The molecule has 7 heteroatoms. The number of nitrogens with one attached hydrogen (secondary N) is 2. The average Bonchev–Trinajstić information content (AvgIpc) is 2.65. The number of hydrogen-bond acceptors (Lipinski definition) is 5. The lowest BCUT2D eigenvalue weighted by molar-refractivity contribution is 0.102. The Balaban J connectivity index is 1.71. The predicted molar refractivity (Wildman–Crippen MR) is 102 cm³/mol. The van der Waals surface area contributed by atoms with Gasteiger partial charge in [-0.05, 0) is 38.1 Å². The molecule has 1 heterocycles. The summed E-state index contributed by atoms with van der Waals surface area (Å²) in [5.74, 6) is 0.0921. The van der Waals surface area contributed by atoms with Gasteiger partial charge >= 0.3 is 0 Å². The lowest BCUT2D eigenvalue weighted by Gasteiger charge is -2.15. The Bertz CT molecular complexity index is 929. The number of para-hydroxylation sites is 3. The molecule has 0 saturated carbocycles. The van der Waals surface area contributed by atoms with E-state index in [1.165, 1.54) is 24.5 Å². The van der Waals surface area contributed by atoms with Crippen molar-refractivity contribution in [3.8, 4) is 5.75 Å². The van der Waals surface area contributed by atoms with Crippen molar-refractivity contribution in [3.05, 3.63) is 72.4 Å². The fraction of sp³-hybridized carbons (Fsp3) is 0.150. The highest BCUT2D eigenvalue weighted by molar-refractivity contribution is 6.02. The molecule has 3 rings (SSSR count). The third-order valence-electron chi connectivity index (χ3n) is 3.52. The van der Waals surface area contributed by atoms with Gasteiger partial charge in [0, 0.05) is 0 Å². The Hall–Kier alpha value is -3.48. The van der Waals surface area contributed by atoms with E-state index in [-0.39, 0.29) is 17.5 Å². The van der Waals surface area contributed by atoms with E-state index in [0.29, 0.717) is 11.6 Å². The number of carbonyl (C=O) groups excluding carboxylic acids is 1. The SMILES string of the molecule is CC(C)Oc1ccccc1Nc1cnc(C(=O)Nc2ccccc2F)cn1. The van der Waals surface area contributed by atoms with Gasteiger partial charge in [-0.15, -0.1) is 0 Å². The zero-order valence-corrected chi connectivity index (χ0v) is 14.9. The molecule has 3 aromatic rings. The van der Waals surface area contributed by atoms with Crippen LogP contribution in [0.25, 0.3) is 0 Å². The molecule has 27 heavy (non-hydrogen) atoms. The van der Waals surface area contributed by atoms with Gasteiger partial charge in [0.1, 0.15) is 23.1 Å². The van der Waals surface area contributed by atoms with Gasteiger partial charge in [0.25, 0.3) is 5.91 Å². The zero-order valence-electron chi connectivity index (χ0n) is 14.9. The number of rotatable bonds is 6. The van der Waals surface area contributed by atoms with E-state index in [4.69, 9.17) is 4.74 Å².